The van der Waals surface area contributed by atoms with Gasteiger partial charge in [-0.05, 0) is 24.6 Å². The summed E-state index contributed by atoms with van der Waals surface area (Å²) in [7, 11) is 2.03. The first-order valence-electron chi connectivity index (χ1n) is 5.63. The monoisotopic (exact) mass is 326 g/mol. The van der Waals surface area contributed by atoms with Crippen molar-refractivity contribution in [3.8, 4) is 0 Å². The molecule has 5 heteroatoms. The average Bonchev–Trinajstić information content (AvgIpc) is 2.81. The van der Waals surface area contributed by atoms with Gasteiger partial charge in [0.25, 0.3) is 0 Å². The van der Waals surface area contributed by atoms with E-state index in [1.54, 1.807) is 18.3 Å². The fraction of sp³-hybridized carbons (Fsp3) is 0.308. The summed E-state index contributed by atoms with van der Waals surface area (Å²) in [6.07, 6.45) is -0.461. The minimum atomic E-state index is -0.461. The molecule has 0 aliphatic rings. The molecule has 18 heavy (non-hydrogen) atoms. The van der Waals surface area contributed by atoms with E-state index in [9.17, 15) is 5.11 Å². The summed E-state index contributed by atoms with van der Waals surface area (Å²) in [6.45, 7) is 2.54. The number of hydrogen-bond donors (Lipinski definition) is 1. The number of aliphatic hydroxyl groups is 1. The Morgan fingerprint density at radius 2 is 2.28 bits per heavy atom. The Kier molecular flexibility index (Phi) is 4.37. The van der Waals surface area contributed by atoms with Crippen LogP contribution in [-0.4, -0.2) is 17.1 Å². The van der Waals surface area contributed by atoms with Crippen molar-refractivity contribution in [2.75, 3.05) is 11.9 Å². The minimum absolute atomic E-state index is 0.461. The molecule has 96 valence electrons. The Morgan fingerprint density at radius 1 is 1.50 bits per heavy atom. The second-order valence-corrected chi connectivity index (χ2v) is 5.79. The summed E-state index contributed by atoms with van der Waals surface area (Å²) in [5, 5.41) is 11.6. The van der Waals surface area contributed by atoms with Crippen LogP contribution in [0.4, 0.5) is 5.69 Å². The standard InChI is InChI=1S/C13H15BrN2OS/c1-9(17)12-4-3-11(5-13(12)14)16(2)6-10-7-18-8-15-10/h3-5,7-9,17H,6H2,1-2H3. The number of halogens is 1. The van der Waals surface area contributed by atoms with Crippen LogP contribution < -0.4 is 4.90 Å². The number of anilines is 1. The lowest BCUT2D eigenvalue weighted by atomic mass is 10.1. The van der Waals surface area contributed by atoms with Crippen molar-refractivity contribution < 1.29 is 5.11 Å². The van der Waals surface area contributed by atoms with Gasteiger partial charge in [-0.15, -0.1) is 11.3 Å². The highest BCUT2D eigenvalue weighted by atomic mass is 79.9. The lowest BCUT2D eigenvalue weighted by Crippen LogP contribution is -2.16. The summed E-state index contributed by atoms with van der Waals surface area (Å²) >= 11 is 5.10. The van der Waals surface area contributed by atoms with Crippen LogP contribution in [0, 0.1) is 0 Å². The van der Waals surface area contributed by atoms with Crippen LogP contribution in [0.25, 0.3) is 0 Å². The predicted molar refractivity (Wildman–Crippen MR) is 79.0 cm³/mol. The predicted octanol–water partition coefficient (Wildman–Crippen LogP) is 3.60. The molecule has 0 bridgehead atoms. The third-order valence-electron chi connectivity index (χ3n) is 2.76. The van der Waals surface area contributed by atoms with Gasteiger partial charge in [0.15, 0.2) is 0 Å². The molecule has 0 aliphatic heterocycles. The zero-order chi connectivity index (χ0) is 13.1. The van der Waals surface area contributed by atoms with Crippen molar-refractivity contribution in [3.05, 3.63) is 44.8 Å². The topological polar surface area (TPSA) is 36.4 Å². The van der Waals surface area contributed by atoms with Crippen molar-refractivity contribution in [1.29, 1.82) is 0 Å². The van der Waals surface area contributed by atoms with Gasteiger partial charge in [0.2, 0.25) is 0 Å². The number of thiazole rings is 1. The molecular formula is C13H15BrN2OS. The summed E-state index contributed by atoms with van der Waals surface area (Å²) in [5.41, 5.74) is 4.91. The van der Waals surface area contributed by atoms with Crippen LogP contribution in [0.5, 0.6) is 0 Å². The molecule has 1 unspecified atom stereocenters. The molecule has 0 fully saturated rings. The van der Waals surface area contributed by atoms with E-state index in [1.807, 2.05) is 30.8 Å². The van der Waals surface area contributed by atoms with Crippen molar-refractivity contribution in [2.45, 2.75) is 19.6 Å². The van der Waals surface area contributed by atoms with Crippen LogP contribution in [0.2, 0.25) is 0 Å². The lowest BCUT2D eigenvalue weighted by Gasteiger charge is -2.19. The largest absolute Gasteiger partial charge is 0.389 e. The quantitative estimate of drug-likeness (QED) is 0.932. The van der Waals surface area contributed by atoms with Crippen LogP contribution >= 0.6 is 27.3 Å². The normalized spacial score (nSPS) is 12.4. The molecule has 0 aliphatic carbocycles. The van der Waals surface area contributed by atoms with Crippen LogP contribution in [-0.2, 0) is 6.54 Å². The number of hydrogen-bond acceptors (Lipinski definition) is 4. The fourth-order valence-electron chi connectivity index (χ4n) is 1.74. The zero-order valence-corrected chi connectivity index (χ0v) is 12.7. The number of benzene rings is 1. The van der Waals surface area contributed by atoms with Crippen LogP contribution in [0.1, 0.15) is 24.3 Å². The van der Waals surface area contributed by atoms with Crippen molar-refractivity contribution in [3.63, 3.8) is 0 Å². The Labute approximate surface area is 119 Å². The molecule has 3 nitrogen and oxygen atoms in total. The van der Waals surface area contributed by atoms with E-state index in [2.05, 4.69) is 31.2 Å². The molecule has 0 radical (unpaired) electrons. The molecule has 0 saturated carbocycles. The van der Waals surface area contributed by atoms with Gasteiger partial charge in [0.05, 0.1) is 23.9 Å². The van der Waals surface area contributed by atoms with Gasteiger partial charge in [-0.3, -0.25) is 0 Å². The van der Waals surface area contributed by atoms with Gasteiger partial charge >= 0.3 is 0 Å². The molecule has 2 aromatic rings. The molecule has 1 aromatic heterocycles. The van der Waals surface area contributed by atoms with E-state index >= 15 is 0 Å². The second-order valence-electron chi connectivity index (χ2n) is 4.22. The first-order valence-corrected chi connectivity index (χ1v) is 7.37. The van der Waals surface area contributed by atoms with Crippen LogP contribution in [0.3, 0.4) is 0 Å². The number of aliphatic hydroxyl groups excluding tert-OH is 1. The van der Waals surface area contributed by atoms with Gasteiger partial charge in [0, 0.05) is 22.6 Å². The Morgan fingerprint density at radius 3 is 2.83 bits per heavy atom. The first-order chi connectivity index (χ1) is 8.58. The highest BCUT2D eigenvalue weighted by molar-refractivity contribution is 9.10. The van der Waals surface area contributed by atoms with Gasteiger partial charge in [-0.2, -0.15) is 0 Å². The number of aromatic nitrogens is 1. The second kappa shape index (κ2) is 5.82. The molecule has 1 heterocycles. The maximum Gasteiger partial charge on any atom is 0.0795 e. The van der Waals surface area contributed by atoms with E-state index in [1.165, 1.54) is 0 Å². The van der Waals surface area contributed by atoms with E-state index in [0.717, 1.165) is 28.0 Å². The van der Waals surface area contributed by atoms with E-state index in [-0.39, 0.29) is 0 Å². The Hall–Kier alpha value is -0.910. The van der Waals surface area contributed by atoms with Gasteiger partial charge in [0.1, 0.15) is 0 Å². The van der Waals surface area contributed by atoms with Gasteiger partial charge in [-0.25, -0.2) is 4.98 Å². The highest BCUT2D eigenvalue weighted by Crippen LogP contribution is 2.28. The number of nitrogens with zero attached hydrogens (tertiary/aromatic N) is 2. The molecule has 2 rings (SSSR count). The van der Waals surface area contributed by atoms with Gasteiger partial charge in [-0.1, -0.05) is 22.0 Å². The smallest absolute Gasteiger partial charge is 0.0795 e. The SMILES string of the molecule is CC(O)c1ccc(N(C)Cc2cscn2)cc1Br. The average molecular weight is 327 g/mol. The molecule has 1 atom stereocenters. The van der Waals surface area contributed by atoms with Crippen molar-refractivity contribution in [2.24, 2.45) is 0 Å². The minimum Gasteiger partial charge on any atom is -0.389 e. The third kappa shape index (κ3) is 3.10. The summed E-state index contributed by atoms with van der Waals surface area (Å²) in [5.74, 6) is 0. The van der Waals surface area contributed by atoms with Crippen LogP contribution in [0.15, 0.2) is 33.6 Å². The summed E-state index contributed by atoms with van der Waals surface area (Å²) in [4.78, 5) is 6.41. The van der Waals surface area contributed by atoms with E-state index in [4.69, 9.17) is 0 Å². The molecule has 0 amide bonds. The molecule has 1 aromatic carbocycles. The van der Waals surface area contributed by atoms with Crippen molar-refractivity contribution in [1.82, 2.24) is 4.98 Å². The maximum absolute atomic E-state index is 9.59. The fourth-order valence-corrected chi connectivity index (χ4v) is 2.99. The van der Waals surface area contributed by atoms with Gasteiger partial charge < -0.3 is 10.0 Å². The first kappa shape index (κ1) is 13.5. The Bertz CT molecular complexity index is 514. The third-order valence-corrected chi connectivity index (χ3v) is 4.08. The molecule has 1 N–H and O–H groups in total. The van der Waals surface area contributed by atoms with E-state index in [0.29, 0.717) is 0 Å². The molecule has 0 saturated heterocycles. The lowest BCUT2D eigenvalue weighted by molar-refractivity contribution is 0.198. The molecular weight excluding hydrogens is 312 g/mol. The summed E-state index contributed by atoms with van der Waals surface area (Å²) < 4.78 is 0.931. The molecule has 0 spiro atoms. The van der Waals surface area contributed by atoms with Crippen molar-refractivity contribution >= 4 is 33.0 Å². The summed E-state index contributed by atoms with van der Waals surface area (Å²) in [6, 6.07) is 5.98. The highest BCUT2D eigenvalue weighted by Gasteiger charge is 2.09. The zero-order valence-electron chi connectivity index (χ0n) is 10.3. The van der Waals surface area contributed by atoms with E-state index < -0.39 is 6.10 Å². The Balaban J connectivity index is 2.16. The number of rotatable bonds is 4. The maximum atomic E-state index is 9.59.